The highest BCUT2D eigenvalue weighted by Gasteiger charge is 2.31. The molecular weight excluding hydrogens is 464 g/mol. The lowest BCUT2D eigenvalue weighted by Gasteiger charge is -2.08. The molecule has 182 valence electrons. The molecule has 0 aliphatic heterocycles. The number of rotatable bonds is 8. The van der Waals surface area contributed by atoms with Crippen molar-refractivity contribution in [2.75, 3.05) is 14.2 Å². The Hall–Kier alpha value is -4.92. The fourth-order valence-corrected chi connectivity index (χ4v) is 3.63. The molecule has 3 aromatic carbocycles. The zero-order chi connectivity index (χ0) is 25.7. The number of benzene rings is 3. The first-order valence-corrected chi connectivity index (χ1v) is 10.8. The summed E-state index contributed by atoms with van der Waals surface area (Å²) in [7, 11) is 2.45. The Morgan fingerprint density at radius 3 is 2.19 bits per heavy atom. The predicted octanol–water partition coefficient (Wildman–Crippen LogP) is 4.39. The fraction of sp³-hybridized carbons (Fsp3) is 0.111. The predicted molar refractivity (Wildman–Crippen MR) is 129 cm³/mol. The molecule has 0 aliphatic rings. The molecule has 0 fully saturated rings. The molecule has 0 bridgehead atoms. The van der Waals surface area contributed by atoms with Crippen LogP contribution < -0.4 is 4.74 Å². The van der Waals surface area contributed by atoms with Crippen LogP contribution in [0.1, 0.15) is 36.8 Å². The second-order valence-electron chi connectivity index (χ2n) is 7.62. The molecule has 0 saturated carbocycles. The first-order valence-electron chi connectivity index (χ1n) is 10.8. The summed E-state index contributed by atoms with van der Waals surface area (Å²) in [5, 5.41) is 13.7. The summed E-state index contributed by atoms with van der Waals surface area (Å²) in [6.45, 7) is 0.170. The third-order valence-electron chi connectivity index (χ3n) is 5.36. The minimum Gasteiger partial charge on any atom is -0.489 e. The van der Waals surface area contributed by atoms with Crippen molar-refractivity contribution in [3.8, 4) is 22.7 Å². The lowest BCUT2D eigenvalue weighted by molar-refractivity contribution is 0.0549. The summed E-state index contributed by atoms with van der Waals surface area (Å²) in [5.74, 6) is -1.95. The van der Waals surface area contributed by atoms with Crippen LogP contribution in [0.2, 0.25) is 0 Å². The number of para-hydroxylation sites is 1. The second-order valence-corrected chi connectivity index (χ2v) is 7.62. The molecular formula is C27H22N2O7. The number of esters is 2. The van der Waals surface area contributed by atoms with Crippen molar-refractivity contribution in [2.45, 2.75) is 6.61 Å². The largest absolute Gasteiger partial charge is 0.489 e. The SMILES string of the molecule is COC(=O)c1c(-c2ccc(OCc3cccc(C(=O)O)c3)cc2)nn(-c2ccccc2)c1C(=O)OC. The van der Waals surface area contributed by atoms with Gasteiger partial charge in [-0.05, 0) is 54.1 Å². The third-order valence-corrected chi connectivity index (χ3v) is 5.36. The lowest BCUT2D eigenvalue weighted by atomic mass is 10.1. The monoisotopic (exact) mass is 486 g/mol. The zero-order valence-corrected chi connectivity index (χ0v) is 19.5. The van der Waals surface area contributed by atoms with Gasteiger partial charge in [-0.3, -0.25) is 0 Å². The molecule has 36 heavy (non-hydrogen) atoms. The molecule has 1 N–H and O–H groups in total. The van der Waals surface area contributed by atoms with E-state index in [-0.39, 0.29) is 29.1 Å². The Balaban J connectivity index is 1.69. The van der Waals surface area contributed by atoms with Crippen LogP contribution >= 0.6 is 0 Å². The van der Waals surface area contributed by atoms with Gasteiger partial charge in [0.2, 0.25) is 0 Å². The van der Waals surface area contributed by atoms with E-state index in [1.54, 1.807) is 66.7 Å². The van der Waals surface area contributed by atoms with Crippen molar-refractivity contribution in [1.29, 1.82) is 0 Å². The van der Waals surface area contributed by atoms with Gasteiger partial charge in [0, 0.05) is 5.56 Å². The van der Waals surface area contributed by atoms with E-state index in [0.29, 0.717) is 22.6 Å². The number of methoxy groups -OCH3 is 2. The van der Waals surface area contributed by atoms with Gasteiger partial charge in [0.15, 0.2) is 5.69 Å². The van der Waals surface area contributed by atoms with Crippen LogP contribution in [-0.2, 0) is 16.1 Å². The van der Waals surface area contributed by atoms with E-state index in [0.717, 1.165) is 0 Å². The molecule has 9 nitrogen and oxygen atoms in total. The number of nitrogens with zero attached hydrogens (tertiary/aromatic N) is 2. The maximum Gasteiger partial charge on any atom is 0.357 e. The topological polar surface area (TPSA) is 117 Å². The molecule has 0 aliphatic carbocycles. The lowest BCUT2D eigenvalue weighted by Crippen LogP contribution is -2.15. The van der Waals surface area contributed by atoms with Crippen LogP contribution in [0, 0.1) is 0 Å². The highest BCUT2D eigenvalue weighted by Crippen LogP contribution is 2.30. The van der Waals surface area contributed by atoms with Gasteiger partial charge in [-0.25, -0.2) is 19.1 Å². The van der Waals surface area contributed by atoms with E-state index in [2.05, 4.69) is 5.10 Å². The summed E-state index contributed by atoms with van der Waals surface area (Å²) in [5.41, 5.74) is 2.17. The average Bonchev–Trinajstić information content (AvgIpc) is 3.32. The highest BCUT2D eigenvalue weighted by atomic mass is 16.5. The Kier molecular flexibility index (Phi) is 7.10. The number of ether oxygens (including phenoxy) is 3. The molecule has 0 unspecified atom stereocenters. The van der Waals surface area contributed by atoms with Crippen molar-refractivity contribution in [1.82, 2.24) is 9.78 Å². The molecule has 1 heterocycles. The number of carboxylic acids is 1. The van der Waals surface area contributed by atoms with Gasteiger partial charge in [-0.15, -0.1) is 0 Å². The number of aromatic carboxylic acids is 1. The Labute approximate surface area is 206 Å². The van der Waals surface area contributed by atoms with Crippen molar-refractivity contribution in [2.24, 2.45) is 0 Å². The number of carbonyl (C=O) groups excluding carboxylic acids is 2. The van der Waals surface area contributed by atoms with Gasteiger partial charge in [0.05, 0.1) is 25.5 Å². The molecule has 0 radical (unpaired) electrons. The molecule has 0 atom stereocenters. The van der Waals surface area contributed by atoms with E-state index in [1.165, 1.54) is 25.0 Å². The third kappa shape index (κ3) is 4.95. The Morgan fingerprint density at radius 2 is 1.56 bits per heavy atom. The standard InChI is InChI=1S/C27H22N2O7/c1-34-26(32)22-23(28-29(24(22)27(33)35-2)20-9-4-3-5-10-20)18-11-13-21(14-12-18)36-16-17-7-6-8-19(15-17)25(30)31/h3-15H,16H2,1-2H3,(H,30,31). The van der Waals surface area contributed by atoms with Crippen LogP contribution in [0.4, 0.5) is 0 Å². The number of carboxylic acid groups (broad SMARTS) is 1. The number of hydrogen-bond donors (Lipinski definition) is 1. The van der Waals surface area contributed by atoms with E-state index in [9.17, 15) is 14.4 Å². The van der Waals surface area contributed by atoms with Crippen molar-refractivity contribution in [3.63, 3.8) is 0 Å². The minimum absolute atomic E-state index is 0.0210. The summed E-state index contributed by atoms with van der Waals surface area (Å²) >= 11 is 0. The number of aromatic nitrogens is 2. The first kappa shape index (κ1) is 24.2. The second kappa shape index (κ2) is 10.6. The first-order chi connectivity index (χ1) is 17.4. The maximum absolute atomic E-state index is 12.7. The maximum atomic E-state index is 12.7. The fourth-order valence-electron chi connectivity index (χ4n) is 3.63. The van der Waals surface area contributed by atoms with Gasteiger partial charge in [-0.1, -0.05) is 30.3 Å². The zero-order valence-electron chi connectivity index (χ0n) is 19.5. The molecule has 0 amide bonds. The molecule has 4 rings (SSSR count). The number of carbonyl (C=O) groups is 3. The number of hydrogen-bond acceptors (Lipinski definition) is 7. The quantitative estimate of drug-likeness (QED) is 0.365. The molecule has 9 heteroatoms. The normalized spacial score (nSPS) is 10.5. The van der Waals surface area contributed by atoms with E-state index in [4.69, 9.17) is 19.3 Å². The van der Waals surface area contributed by atoms with Gasteiger partial charge >= 0.3 is 17.9 Å². The Bertz CT molecular complexity index is 1410. The summed E-state index contributed by atoms with van der Waals surface area (Å²) in [4.78, 5) is 36.6. The van der Waals surface area contributed by atoms with Crippen LogP contribution in [0.15, 0.2) is 78.9 Å². The highest BCUT2D eigenvalue weighted by molar-refractivity contribution is 6.06. The van der Waals surface area contributed by atoms with Gasteiger partial charge in [0.1, 0.15) is 23.6 Å². The van der Waals surface area contributed by atoms with Crippen molar-refractivity contribution >= 4 is 17.9 Å². The minimum atomic E-state index is -1.01. The van der Waals surface area contributed by atoms with Crippen LogP contribution in [0.5, 0.6) is 5.75 Å². The van der Waals surface area contributed by atoms with E-state index >= 15 is 0 Å². The average molecular weight is 486 g/mol. The van der Waals surface area contributed by atoms with Crippen molar-refractivity contribution < 1.29 is 33.7 Å². The van der Waals surface area contributed by atoms with Crippen LogP contribution in [0.3, 0.4) is 0 Å². The van der Waals surface area contributed by atoms with Crippen molar-refractivity contribution in [3.05, 3.63) is 101 Å². The summed E-state index contributed by atoms with van der Waals surface area (Å²) < 4.78 is 17.0. The Morgan fingerprint density at radius 1 is 0.861 bits per heavy atom. The molecule has 4 aromatic rings. The smallest absolute Gasteiger partial charge is 0.357 e. The van der Waals surface area contributed by atoms with Crippen LogP contribution in [0.25, 0.3) is 16.9 Å². The summed E-state index contributed by atoms with van der Waals surface area (Å²) in [6.07, 6.45) is 0. The van der Waals surface area contributed by atoms with E-state index < -0.39 is 17.9 Å². The van der Waals surface area contributed by atoms with Gasteiger partial charge < -0.3 is 19.3 Å². The summed E-state index contributed by atoms with van der Waals surface area (Å²) in [6, 6.07) is 22.2. The molecule has 0 spiro atoms. The van der Waals surface area contributed by atoms with E-state index in [1.807, 2.05) is 6.07 Å². The van der Waals surface area contributed by atoms with Gasteiger partial charge in [0.25, 0.3) is 0 Å². The van der Waals surface area contributed by atoms with Gasteiger partial charge in [-0.2, -0.15) is 5.10 Å². The molecule has 0 saturated heterocycles. The molecule has 1 aromatic heterocycles. The van der Waals surface area contributed by atoms with Crippen LogP contribution in [-0.4, -0.2) is 47.0 Å².